The van der Waals surface area contributed by atoms with Crippen molar-refractivity contribution in [3.05, 3.63) is 68.1 Å². The van der Waals surface area contributed by atoms with E-state index in [4.69, 9.17) is 11.6 Å². The van der Waals surface area contributed by atoms with Gasteiger partial charge in [-0.25, -0.2) is 4.79 Å². The van der Waals surface area contributed by atoms with Gasteiger partial charge >= 0.3 is 5.97 Å². The number of benzene rings is 2. The molecule has 0 aliphatic heterocycles. The highest BCUT2D eigenvalue weighted by Gasteiger charge is 2.19. The van der Waals surface area contributed by atoms with Crippen LogP contribution in [0, 0.1) is 10.1 Å². The van der Waals surface area contributed by atoms with Crippen LogP contribution in [-0.4, -0.2) is 35.9 Å². The lowest BCUT2D eigenvalue weighted by Gasteiger charge is -2.08. The standard InChI is InChI=1S/C19H15ClN4O5S/c1-2-23-17(11-3-5-13(20)6-4-11)21-22-19(23)30-16(18(26)27)10-12-9-14(24(28)29)7-8-15(12)25/h3-10,25H,2H2,1H3,(H,26,27)/b16-10-. The lowest BCUT2D eigenvalue weighted by Crippen LogP contribution is -2.03. The Morgan fingerprint density at radius 3 is 2.57 bits per heavy atom. The van der Waals surface area contributed by atoms with Crippen LogP contribution in [0.3, 0.4) is 0 Å². The van der Waals surface area contributed by atoms with Crippen molar-refractivity contribution in [3.8, 4) is 17.1 Å². The van der Waals surface area contributed by atoms with E-state index in [1.807, 2.05) is 6.92 Å². The van der Waals surface area contributed by atoms with E-state index in [1.165, 1.54) is 0 Å². The third kappa shape index (κ3) is 4.61. The molecule has 0 radical (unpaired) electrons. The molecule has 0 bridgehead atoms. The van der Waals surface area contributed by atoms with Crippen molar-refractivity contribution in [2.24, 2.45) is 0 Å². The van der Waals surface area contributed by atoms with Crippen LogP contribution < -0.4 is 0 Å². The first-order valence-electron chi connectivity index (χ1n) is 8.59. The third-order valence-corrected chi connectivity index (χ3v) is 5.31. The van der Waals surface area contributed by atoms with E-state index < -0.39 is 10.9 Å². The van der Waals surface area contributed by atoms with Crippen LogP contribution in [0.25, 0.3) is 17.5 Å². The van der Waals surface area contributed by atoms with Gasteiger partial charge in [-0.2, -0.15) is 0 Å². The summed E-state index contributed by atoms with van der Waals surface area (Å²) in [6.07, 6.45) is 1.16. The Kier molecular flexibility index (Phi) is 6.38. The van der Waals surface area contributed by atoms with Crippen LogP contribution >= 0.6 is 23.4 Å². The molecule has 0 amide bonds. The molecule has 0 unspecified atom stereocenters. The molecule has 2 aromatic carbocycles. The fourth-order valence-electron chi connectivity index (χ4n) is 2.61. The topological polar surface area (TPSA) is 131 Å². The van der Waals surface area contributed by atoms with Gasteiger partial charge in [0, 0.05) is 34.8 Å². The van der Waals surface area contributed by atoms with E-state index in [0.29, 0.717) is 22.5 Å². The van der Waals surface area contributed by atoms with Gasteiger partial charge in [-0.1, -0.05) is 11.6 Å². The smallest absolute Gasteiger partial charge is 0.342 e. The molecule has 3 rings (SSSR count). The van der Waals surface area contributed by atoms with Crippen molar-refractivity contribution >= 4 is 41.1 Å². The molecule has 3 aromatic rings. The first-order chi connectivity index (χ1) is 14.3. The average Bonchev–Trinajstić information content (AvgIpc) is 3.11. The first-order valence-corrected chi connectivity index (χ1v) is 9.79. The number of nitro groups is 1. The second-order valence-electron chi connectivity index (χ2n) is 5.97. The monoisotopic (exact) mass is 446 g/mol. The highest BCUT2D eigenvalue weighted by Crippen LogP contribution is 2.33. The lowest BCUT2D eigenvalue weighted by molar-refractivity contribution is -0.384. The number of hydrogen-bond acceptors (Lipinski definition) is 7. The Bertz CT molecular complexity index is 1140. The number of non-ortho nitro benzene ring substituents is 1. The minimum atomic E-state index is -1.27. The first kappa shape index (κ1) is 21.3. The van der Waals surface area contributed by atoms with E-state index in [0.717, 1.165) is 41.6 Å². The summed E-state index contributed by atoms with van der Waals surface area (Å²) in [5, 5.41) is 39.7. The van der Waals surface area contributed by atoms with E-state index in [9.17, 15) is 25.1 Å². The number of aromatic nitrogens is 3. The summed E-state index contributed by atoms with van der Waals surface area (Å²) < 4.78 is 1.73. The number of nitro benzene ring substituents is 1. The minimum Gasteiger partial charge on any atom is -0.507 e. The fraction of sp³-hybridized carbons (Fsp3) is 0.105. The maximum Gasteiger partial charge on any atom is 0.342 e. The molecule has 1 aromatic heterocycles. The number of aliphatic carboxylic acids is 1. The number of carboxylic acid groups (broad SMARTS) is 1. The molecule has 0 spiro atoms. The zero-order chi connectivity index (χ0) is 21.8. The van der Waals surface area contributed by atoms with Gasteiger partial charge in [0.1, 0.15) is 10.7 Å². The zero-order valence-corrected chi connectivity index (χ0v) is 17.1. The second kappa shape index (κ2) is 8.97. The number of phenolic OH excluding ortho intramolecular Hbond substituents is 1. The quantitative estimate of drug-likeness (QED) is 0.235. The number of halogens is 1. The van der Waals surface area contributed by atoms with E-state index in [2.05, 4.69) is 10.2 Å². The van der Waals surface area contributed by atoms with Crippen molar-refractivity contribution < 1.29 is 19.9 Å². The maximum absolute atomic E-state index is 11.8. The Balaban J connectivity index is 2.00. The molecule has 11 heteroatoms. The zero-order valence-electron chi connectivity index (χ0n) is 15.5. The van der Waals surface area contributed by atoms with Crippen molar-refractivity contribution in [2.75, 3.05) is 0 Å². The average molecular weight is 447 g/mol. The van der Waals surface area contributed by atoms with Crippen molar-refractivity contribution in [3.63, 3.8) is 0 Å². The van der Waals surface area contributed by atoms with Crippen LogP contribution in [0.15, 0.2) is 52.5 Å². The highest BCUT2D eigenvalue weighted by atomic mass is 35.5. The number of aromatic hydroxyl groups is 1. The van der Waals surface area contributed by atoms with Gasteiger partial charge in [-0.05, 0) is 55.1 Å². The van der Waals surface area contributed by atoms with E-state index in [1.54, 1.807) is 28.8 Å². The highest BCUT2D eigenvalue weighted by molar-refractivity contribution is 8.04. The van der Waals surface area contributed by atoms with Crippen molar-refractivity contribution in [2.45, 2.75) is 18.6 Å². The van der Waals surface area contributed by atoms with E-state index in [-0.39, 0.29) is 21.9 Å². The van der Waals surface area contributed by atoms with Crippen LogP contribution in [0.1, 0.15) is 12.5 Å². The van der Waals surface area contributed by atoms with Crippen LogP contribution in [-0.2, 0) is 11.3 Å². The third-order valence-electron chi connectivity index (χ3n) is 4.06. The van der Waals surface area contributed by atoms with Gasteiger partial charge < -0.3 is 14.8 Å². The van der Waals surface area contributed by atoms with Crippen LogP contribution in [0.4, 0.5) is 5.69 Å². The molecule has 0 saturated heterocycles. The van der Waals surface area contributed by atoms with Crippen LogP contribution in [0.2, 0.25) is 5.02 Å². The molecular formula is C19H15ClN4O5S. The van der Waals surface area contributed by atoms with Gasteiger partial charge in [-0.15, -0.1) is 10.2 Å². The summed E-state index contributed by atoms with van der Waals surface area (Å²) in [7, 11) is 0. The normalized spacial score (nSPS) is 11.5. The molecule has 0 fully saturated rings. The number of carbonyl (C=O) groups is 1. The molecule has 30 heavy (non-hydrogen) atoms. The minimum absolute atomic E-state index is 0.00888. The van der Waals surface area contributed by atoms with Gasteiger partial charge in [-0.3, -0.25) is 10.1 Å². The summed E-state index contributed by atoms with van der Waals surface area (Å²) >= 11 is 6.75. The van der Waals surface area contributed by atoms with Gasteiger partial charge in [0.25, 0.3) is 5.69 Å². The number of nitrogens with zero attached hydrogens (tertiary/aromatic N) is 4. The van der Waals surface area contributed by atoms with Crippen molar-refractivity contribution in [1.82, 2.24) is 14.8 Å². The number of phenols is 1. The summed E-state index contributed by atoms with van der Waals surface area (Å²) in [5.41, 5.74) is 0.503. The number of carboxylic acids is 1. The summed E-state index contributed by atoms with van der Waals surface area (Å²) in [6, 6.07) is 10.4. The molecule has 1 heterocycles. The Hall–Kier alpha value is -3.37. The van der Waals surface area contributed by atoms with Gasteiger partial charge in [0.05, 0.1) is 4.92 Å². The Labute approximate surface area is 179 Å². The maximum atomic E-state index is 11.8. The molecule has 9 nitrogen and oxygen atoms in total. The van der Waals surface area contributed by atoms with E-state index >= 15 is 0 Å². The molecule has 0 aliphatic carbocycles. The molecule has 2 N–H and O–H groups in total. The fourth-order valence-corrected chi connectivity index (χ4v) is 3.61. The SMILES string of the molecule is CCn1c(S/C(=C\c2cc([N+](=O)[O-])ccc2O)C(=O)O)nnc1-c1ccc(Cl)cc1. The lowest BCUT2D eigenvalue weighted by atomic mass is 10.1. The predicted molar refractivity (Wildman–Crippen MR) is 112 cm³/mol. The molecule has 154 valence electrons. The molecular weight excluding hydrogens is 432 g/mol. The molecule has 0 atom stereocenters. The van der Waals surface area contributed by atoms with Gasteiger partial charge in [0.15, 0.2) is 11.0 Å². The summed E-state index contributed by atoms with van der Waals surface area (Å²) in [6.45, 7) is 2.34. The molecule has 0 aliphatic rings. The largest absolute Gasteiger partial charge is 0.507 e. The number of rotatable bonds is 7. The van der Waals surface area contributed by atoms with Crippen molar-refractivity contribution in [1.29, 1.82) is 0 Å². The Morgan fingerprint density at radius 2 is 1.97 bits per heavy atom. The number of thioether (sulfide) groups is 1. The Morgan fingerprint density at radius 1 is 1.27 bits per heavy atom. The van der Waals surface area contributed by atoms with Crippen LogP contribution in [0.5, 0.6) is 5.75 Å². The number of hydrogen-bond donors (Lipinski definition) is 2. The summed E-state index contributed by atoms with van der Waals surface area (Å²) in [4.78, 5) is 21.9. The predicted octanol–water partition coefficient (Wildman–Crippen LogP) is 4.45. The second-order valence-corrected chi connectivity index (χ2v) is 7.42. The summed E-state index contributed by atoms with van der Waals surface area (Å²) in [5.74, 6) is -1.01. The molecule has 0 saturated carbocycles. The van der Waals surface area contributed by atoms with Gasteiger partial charge in [0.2, 0.25) is 0 Å².